The van der Waals surface area contributed by atoms with Crippen LogP contribution in [0.1, 0.15) is 26.2 Å². The Morgan fingerprint density at radius 2 is 1.91 bits per heavy atom. The second-order valence-electron chi connectivity index (χ2n) is 3.72. The summed E-state index contributed by atoms with van der Waals surface area (Å²) < 4.78 is 5.73. The van der Waals surface area contributed by atoms with Gasteiger partial charge in [0.1, 0.15) is 0 Å². The fourth-order valence-corrected chi connectivity index (χ4v) is 2.20. The number of rotatable bonds is 2. The highest BCUT2D eigenvalue weighted by Gasteiger charge is 2.32. The van der Waals surface area contributed by atoms with E-state index < -0.39 is 0 Å². The first-order valence-corrected chi connectivity index (χ1v) is 4.76. The van der Waals surface area contributed by atoms with Gasteiger partial charge in [-0.05, 0) is 25.8 Å². The lowest BCUT2D eigenvalue weighted by molar-refractivity contribution is -0.0380. The molecule has 0 aliphatic carbocycles. The summed E-state index contributed by atoms with van der Waals surface area (Å²) in [5, 5.41) is 0. The number of likely N-dealkylation sites (tertiary alicyclic amines) is 1. The molecule has 0 aromatic heterocycles. The molecule has 0 saturated carbocycles. The molecule has 2 aliphatic heterocycles. The Hall–Kier alpha value is -0.0800. The van der Waals surface area contributed by atoms with E-state index in [9.17, 15) is 0 Å². The highest BCUT2D eigenvalue weighted by molar-refractivity contribution is 4.84. The molecule has 11 heavy (non-hydrogen) atoms. The molecule has 2 heteroatoms. The van der Waals surface area contributed by atoms with Gasteiger partial charge in [0.05, 0.1) is 12.2 Å². The minimum Gasteiger partial charge on any atom is -0.372 e. The third-order valence-corrected chi connectivity index (χ3v) is 2.66. The molecule has 0 aromatic rings. The van der Waals surface area contributed by atoms with Gasteiger partial charge < -0.3 is 4.74 Å². The number of fused-ring (bicyclic) bond motifs is 2. The maximum atomic E-state index is 5.73. The lowest BCUT2D eigenvalue weighted by atomic mass is 10.2. The largest absolute Gasteiger partial charge is 0.372 e. The molecule has 0 N–H and O–H groups in total. The van der Waals surface area contributed by atoms with Crippen LogP contribution in [0, 0.1) is 0 Å². The van der Waals surface area contributed by atoms with E-state index in [1.807, 2.05) is 0 Å². The summed E-state index contributed by atoms with van der Waals surface area (Å²) >= 11 is 0. The highest BCUT2D eigenvalue weighted by Crippen LogP contribution is 2.25. The molecule has 2 rings (SSSR count). The summed E-state index contributed by atoms with van der Waals surface area (Å²) in [6.07, 6.45) is 5.01. The monoisotopic (exact) mass is 155 g/mol. The molecule has 0 spiro atoms. The summed E-state index contributed by atoms with van der Waals surface area (Å²) in [7, 11) is 0. The van der Waals surface area contributed by atoms with Crippen LogP contribution in [0.5, 0.6) is 0 Å². The van der Waals surface area contributed by atoms with Gasteiger partial charge in [0.25, 0.3) is 0 Å². The molecule has 2 fully saturated rings. The summed E-state index contributed by atoms with van der Waals surface area (Å²) in [6, 6.07) is 0. The number of morpholine rings is 1. The number of hydrogen-bond donors (Lipinski definition) is 0. The standard InChI is InChI=1S/C9H17NO/c1-2-5-10-6-8-3-4-9(7-10)11-8/h8-9H,2-7H2,1H3/t8-,9-/m0/s1. The first-order valence-electron chi connectivity index (χ1n) is 4.76. The first kappa shape index (κ1) is 7.56. The van der Waals surface area contributed by atoms with E-state index in [1.54, 1.807) is 0 Å². The van der Waals surface area contributed by atoms with Gasteiger partial charge in [-0.1, -0.05) is 6.92 Å². The molecule has 2 heterocycles. The molecule has 2 bridgehead atoms. The predicted octanol–water partition coefficient (Wildman–Crippen LogP) is 1.26. The van der Waals surface area contributed by atoms with E-state index in [1.165, 1.54) is 38.9 Å². The van der Waals surface area contributed by atoms with Crippen molar-refractivity contribution in [3.8, 4) is 0 Å². The summed E-state index contributed by atoms with van der Waals surface area (Å²) in [5.74, 6) is 0. The predicted molar refractivity (Wildman–Crippen MR) is 44.6 cm³/mol. The smallest absolute Gasteiger partial charge is 0.0707 e. The molecule has 0 unspecified atom stereocenters. The van der Waals surface area contributed by atoms with Gasteiger partial charge in [-0.3, -0.25) is 4.90 Å². The van der Waals surface area contributed by atoms with E-state index >= 15 is 0 Å². The minimum atomic E-state index is 0.570. The van der Waals surface area contributed by atoms with Crippen molar-refractivity contribution < 1.29 is 4.74 Å². The van der Waals surface area contributed by atoms with Crippen LogP contribution in [0.3, 0.4) is 0 Å². The Labute approximate surface area is 68.5 Å². The second-order valence-corrected chi connectivity index (χ2v) is 3.72. The first-order chi connectivity index (χ1) is 5.38. The Morgan fingerprint density at radius 3 is 2.45 bits per heavy atom. The average molecular weight is 155 g/mol. The molecule has 2 atom stereocenters. The fourth-order valence-electron chi connectivity index (χ4n) is 2.20. The van der Waals surface area contributed by atoms with Gasteiger partial charge in [0, 0.05) is 13.1 Å². The van der Waals surface area contributed by atoms with Gasteiger partial charge in [-0.25, -0.2) is 0 Å². The van der Waals surface area contributed by atoms with E-state index in [-0.39, 0.29) is 0 Å². The van der Waals surface area contributed by atoms with Crippen LogP contribution in [0.15, 0.2) is 0 Å². The summed E-state index contributed by atoms with van der Waals surface area (Å²) in [6.45, 7) is 5.88. The highest BCUT2D eigenvalue weighted by atomic mass is 16.5. The van der Waals surface area contributed by atoms with Crippen LogP contribution in [0.25, 0.3) is 0 Å². The van der Waals surface area contributed by atoms with Crippen LogP contribution < -0.4 is 0 Å². The third-order valence-electron chi connectivity index (χ3n) is 2.66. The van der Waals surface area contributed by atoms with E-state index in [2.05, 4.69) is 11.8 Å². The Balaban J connectivity index is 1.87. The zero-order valence-corrected chi connectivity index (χ0v) is 7.25. The number of hydrogen-bond acceptors (Lipinski definition) is 2. The Bertz CT molecular complexity index is 126. The van der Waals surface area contributed by atoms with Gasteiger partial charge in [-0.2, -0.15) is 0 Å². The molecule has 0 aromatic carbocycles. The maximum absolute atomic E-state index is 5.73. The SMILES string of the molecule is CCCN1C[C@@H]2CC[C@@H](C1)O2. The molecule has 2 aliphatic rings. The van der Waals surface area contributed by atoms with Crippen molar-refractivity contribution in [2.45, 2.75) is 38.4 Å². The molecular weight excluding hydrogens is 138 g/mol. The van der Waals surface area contributed by atoms with Gasteiger partial charge in [-0.15, -0.1) is 0 Å². The lowest BCUT2D eigenvalue weighted by Gasteiger charge is -2.31. The quantitative estimate of drug-likeness (QED) is 0.595. The van der Waals surface area contributed by atoms with Gasteiger partial charge in [0.2, 0.25) is 0 Å². The number of nitrogens with zero attached hydrogens (tertiary/aromatic N) is 1. The summed E-state index contributed by atoms with van der Waals surface area (Å²) in [4.78, 5) is 2.55. The Kier molecular flexibility index (Phi) is 2.14. The molecule has 64 valence electrons. The second kappa shape index (κ2) is 3.11. The molecule has 0 amide bonds. The topological polar surface area (TPSA) is 12.5 Å². The lowest BCUT2D eigenvalue weighted by Crippen LogP contribution is -2.42. The van der Waals surface area contributed by atoms with Crippen LogP contribution in [0.4, 0.5) is 0 Å². The van der Waals surface area contributed by atoms with Crippen LogP contribution in [-0.2, 0) is 4.74 Å². The molecule has 0 radical (unpaired) electrons. The van der Waals surface area contributed by atoms with Crippen LogP contribution >= 0.6 is 0 Å². The van der Waals surface area contributed by atoms with Crippen LogP contribution in [0.2, 0.25) is 0 Å². The third kappa shape index (κ3) is 1.57. The van der Waals surface area contributed by atoms with Crippen molar-refractivity contribution in [2.75, 3.05) is 19.6 Å². The van der Waals surface area contributed by atoms with E-state index in [0.29, 0.717) is 12.2 Å². The zero-order chi connectivity index (χ0) is 7.68. The van der Waals surface area contributed by atoms with E-state index in [4.69, 9.17) is 4.74 Å². The average Bonchev–Trinajstić information content (AvgIpc) is 2.32. The van der Waals surface area contributed by atoms with Gasteiger partial charge in [0.15, 0.2) is 0 Å². The van der Waals surface area contributed by atoms with Crippen molar-refractivity contribution in [3.05, 3.63) is 0 Å². The molecule has 2 saturated heterocycles. The maximum Gasteiger partial charge on any atom is 0.0707 e. The van der Waals surface area contributed by atoms with Crippen molar-refractivity contribution in [1.82, 2.24) is 4.90 Å². The van der Waals surface area contributed by atoms with Gasteiger partial charge >= 0.3 is 0 Å². The van der Waals surface area contributed by atoms with Crippen LogP contribution in [-0.4, -0.2) is 36.7 Å². The number of ether oxygens (including phenoxy) is 1. The van der Waals surface area contributed by atoms with Crippen molar-refractivity contribution in [3.63, 3.8) is 0 Å². The van der Waals surface area contributed by atoms with E-state index in [0.717, 1.165) is 0 Å². The van der Waals surface area contributed by atoms with Crippen molar-refractivity contribution in [1.29, 1.82) is 0 Å². The zero-order valence-electron chi connectivity index (χ0n) is 7.25. The molecule has 2 nitrogen and oxygen atoms in total. The minimum absolute atomic E-state index is 0.570. The summed E-state index contributed by atoms with van der Waals surface area (Å²) in [5.41, 5.74) is 0. The normalized spacial score (nSPS) is 37.9. The Morgan fingerprint density at radius 1 is 1.27 bits per heavy atom. The molecular formula is C9H17NO. The van der Waals surface area contributed by atoms with Crippen molar-refractivity contribution >= 4 is 0 Å². The van der Waals surface area contributed by atoms with Crippen molar-refractivity contribution in [2.24, 2.45) is 0 Å². The fraction of sp³-hybridized carbons (Fsp3) is 1.00.